The molecular weight excluding hydrogens is 240 g/mol. The van der Waals surface area contributed by atoms with Crippen molar-refractivity contribution in [2.45, 2.75) is 12.8 Å². The van der Waals surface area contributed by atoms with Crippen LogP contribution in [0.4, 0.5) is 0 Å². The van der Waals surface area contributed by atoms with E-state index in [1.807, 2.05) is 37.3 Å². The quantitative estimate of drug-likeness (QED) is 0.675. The normalized spacial score (nSPS) is 11.9. The molecule has 2 aromatic rings. The summed E-state index contributed by atoms with van der Waals surface area (Å²) < 4.78 is 5.24. The van der Waals surface area contributed by atoms with Crippen LogP contribution < -0.4 is 4.74 Å². The minimum absolute atomic E-state index is 0.0687. The maximum absolute atomic E-state index is 11.9. The van der Waals surface area contributed by atoms with Gasteiger partial charge >= 0.3 is 5.97 Å². The Balaban J connectivity index is 2.08. The van der Waals surface area contributed by atoms with Crippen LogP contribution >= 0.6 is 0 Å². The molecular formula is C16H16O3. The van der Waals surface area contributed by atoms with Crippen molar-refractivity contribution in [3.05, 3.63) is 65.7 Å². The molecule has 0 bridgehead atoms. The van der Waals surface area contributed by atoms with Gasteiger partial charge in [-0.15, -0.1) is 0 Å². The molecule has 0 radical (unpaired) electrons. The van der Waals surface area contributed by atoms with Gasteiger partial charge in [0.1, 0.15) is 5.75 Å². The van der Waals surface area contributed by atoms with Gasteiger partial charge in [0.05, 0.1) is 5.56 Å². The Hall–Kier alpha value is -2.13. The second-order valence-electron chi connectivity index (χ2n) is 4.41. The van der Waals surface area contributed by atoms with Crippen molar-refractivity contribution in [3.63, 3.8) is 0 Å². The molecule has 2 aromatic carbocycles. The molecule has 0 aliphatic carbocycles. The first kappa shape index (κ1) is 13.3. The average Bonchev–Trinajstić information content (AvgIpc) is 2.47. The molecule has 3 nitrogen and oxygen atoms in total. The Bertz CT molecular complexity index is 532. The van der Waals surface area contributed by atoms with Gasteiger partial charge in [0, 0.05) is 12.5 Å². The lowest BCUT2D eigenvalue weighted by atomic mass is 10.0. The van der Waals surface area contributed by atoms with E-state index in [0.717, 1.165) is 5.56 Å². The SMILES string of the molecule is CC(CO)c1ccc(C(=O)Oc2ccccc2)cc1. The van der Waals surface area contributed by atoms with Gasteiger partial charge in [-0.25, -0.2) is 4.79 Å². The number of aliphatic hydroxyl groups excluding tert-OH is 1. The van der Waals surface area contributed by atoms with Crippen molar-refractivity contribution in [1.29, 1.82) is 0 Å². The van der Waals surface area contributed by atoms with E-state index in [4.69, 9.17) is 9.84 Å². The molecule has 0 saturated heterocycles. The first-order valence-corrected chi connectivity index (χ1v) is 6.18. The van der Waals surface area contributed by atoms with Gasteiger partial charge < -0.3 is 9.84 Å². The first-order valence-electron chi connectivity index (χ1n) is 6.18. The molecule has 0 saturated carbocycles. The molecule has 0 spiro atoms. The molecule has 0 amide bonds. The van der Waals surface area contributed by atoms with Crippen molar-refractivity contribution < 1.29 is 14.6 Å². The summed E-state index contributed by atoms with van der Waals surface area (Å²) in [6.45, 7) is 2.02. The van der Waals surface area contributed by atoms with E-state index in [1.54, 1.807) is 24.3 Å². The number of esters is 1. The number of rotatable bonds is 4. The Kier molecular flexibility index (Phi) is 4.31. The van der Waals surface area contributed by atoms with Crippen LogP contribution in [0.3, 0.4) is 0 Å². The summed E-state index contributed by atoms with van der Waals surface area (Å²) in [5, 5.41) is 9.07. The summed E-state index contributed by atoms with van der Waals surface area (Å²) >= 11 is 0. The van der Waals surface area contributed by atoms with E-state index in [1.165, 1.54) is 0 Å². The average molecular weight is 256 g/mol. The summed E-state index contributed by atoms with van der Waals surface area (Å²) in [6, 6.07) is 16.1. The standard InChI is InChI=1S/C16H16O3/c1-12(11-17)13-7-9-14(10-8-13)16(18)19-15-5-3-2-4-6-15/h2-10,12,17H,11H2,1H3. The van der Waals surface area contributed by atoms with Gasteiger partial charge in [0.25, 0.3) is 0 Å². The van der Waals surface area contributed by atoms with Crippen molar-refractivity contribution >= 4 is 5.97 Å². The molecule has 0 aliphatic rings. The van der Waals surface area contributed by atoms with E-state index in [0.29, 0.717) is 11.3 Å². The first-order chi connectivity index (χ1) is 9.20. The highest BCUT2D eigenvalue weighted by Gasteiger charge is 2.09. The summed E-state index contributed by atoms with van der Waals surface area (Å²) in [5.41, 5.74) is 1.50. The Labute approximate surface area is 112 Å². The number of hydrogen-bond donors (Lipinski definition) is 1. The fourth-order valence-electron chi connectivity index (χ4n) is 1.71. The topological polar surface area (TPSA) is 46.5 Å². The maximum Gasteiger partial charge on any atom is 0.343 e. The van der Waals surface area contributed by atoms with E-state index in [-0.39, 0.29) is 18.5 Å². The Morgan fingerprint density at radius 3 is 2.32 bits per heavy atom. The van der Waals surface area contributed by atoms with Crippen molar-refractivity contribution in [2.24, 2.45) is 0 Å². The molecule has 2 rings (SSSR count). The molecule has 0 fully saturated rings. The zero-order valence-corrected chi connectivity index (χ0v) is 10.7. The molecule has 1 unspecified atom stereocenters. The van der Waals surface area contributed by atoms with Gasteiger partial charge in [-0.05, 0) is 29.8 Å². The second-order valence-corrected chi connectivity index (χ2v) is 4.41. The monoisotopic (exact) mass is 256 g/mol. The number of ether oxygens (including phenoxy) is 1. The van der Waals surface area contributed by atoms with E-state index < -0.39 is 0 Å². The van der Waals surface area contributed by atoms with Gasteiger partial charge in [0.2, 0.25) is 0 Å². The van der Waals surface area contributed by atoms with Crippen molar-refractivity contribution in [3.8, 4) is 5.75 Å². The molecule has 3 heteroatoms. The molecule has 98 valence electrons. The zero-order chi connectivity index (χ0) is 13.7. The molecule has 19 heavy (non-hydrogen) atoms. The highest BCUT2D eigenvalue weighted by atomic mass is 16.5. The second kappa shape index (κ2) is 6.16. The molecule has 0 heterocycles. The highest BCUT2D eigenvalue weighted by Crippen LogP contribution is 2.16. The fraction of sp³-hybridized carbons (Fsp3) is 0.188. The molecule has 0 aliphatic heterocycles. The number of hydrogen-bond acceptors (Lipinski definition) is 3. The predicted octanol–water partition coefficient (Wildman–Crippen LogP) is 3.00. The van der Waals surface area contributed by atoms with Crippen molar-refractivity contribution in [2.75, 3.05) is 6.61 Å². The van der Waals surface area contributed by atoms with Crippen LogP contribution in [0.5, 0.6) is 5.75 Å². The number of benzene rings is 2. The van der Waals surface area contributed by atoms with E-state index in [2.05, 4.69) is 0 Å². The van der Waals surface area contributed by atoms with Crippen LogP contribution in [-0.2, 0) is 0 Å². The molecule has 0 aromatic heterocycles. The van der Waals surface area contributed by atoms with Gasteiger partial charge in [-0.3, -0.25) is 0 Å². The minimum atomic E-state index is -0.380. The Morgan fingerprint density at radius 2 is 1.74 bits per heavy atom. The van der Waals surface area contributed by atoms with Crippen LogP contribution in [0.15, 0.2) is 54.6 Å². The van der Waals surface area contributed by atoms with Crippen LogP contribution in [0.1, 0.15) is 28.8 Å². The third kappa shape index (κ3) is 3.42. The number of carbonyl (C=O) groups is 1. The fourth-order valence-corrected chi connectivity index (χ4v) is 1.71. The third-order valence-electron chi connectivity index (χ3n) is 2.94. The van der Waals surface area contributed by atoms with E-state index >= 15 is 0 Å². The summed E-state index contributed by atoms with van der Waals surface area (Å²) in [7, 11) is 0. The lowest BCUT2D eigenvalue weighted by molar-refractivity contribution is 0.0735. The smallest absolute Gasteiger partial charge is 0.343 e. The minimum Gasteiger partial charge on any atom is -0.423 e. The Morgan fingerprint density at radius 1 is 1.11 bits per heavy atom. The van der Waals surface area contributed by atoms with Gasteiger partial charge in [-0.2, -0.15) is 0 Å². The van der Waals surface area contributed by atoms with E-state index in [9.17, 15) is 4.79 Å². The van der Waals surface area contributed by atoms with Crippen molar-refractivity contribution in [1.82, 2.24) is 0 Å². The lowest BCUT2D eigenvalue weighted by Crippen LogP contribution is -2.08. The maximum atomic E-state index is 11.9. The summed E-state index contributed by atoms with van der Waals surface area (Å²) in [6.07, 6.45) is 0. The highest BCUT2D eigenvalue weighted by molar-refractivity contribution is 5.91. The lowest BCUT2D eigenvalue weighted by Gasteiger charge is -2.09. The molecule has 1 N–H and O–H groups in total. The zero-order valence-electron chi connectivity index (χ0n) is 10.7. The van der Waals surface area contributed by atoms with Crippen LogP contribution in [0, 0.1) is 0 Å². The third-order valence-corrected chi connectivity index (χ3v) is 2.94. The largest absolute Gasteiger partial charge is 0.423 e. The summed E-state index contributed by atoms with van der Waals surface area (Å²) in [4.78, 5) is 11.9. The van der Waals surface area contributed by atoms with Crippen LogP contribution in [0.2, 0.25) is 0 Å². The van der Waals surface area contributed by atoms with Gasteiger partial charge in [-0.1, -0.05) is 37.3 Å². The number of aliphatic hydroxyl groups is 1. The number of para-hydroxylation sites is 1. The molecule has 1 atom stereocenters. The van der Waals surface area contributed by atoms with Crippen LogP contribution in [0.25, 0.3) is 0 Å². The summed E-state index contributed by atoms with van der Waals surface area (Å²) in [5.74, 6) is 0.217. The van der Waals surface area contributed by atoms with Crippen LogP contribution in [-0.4, -0.2) is 17.7 Å². The van der Waals surface area contributed by atoms with Gasteiger partial charge in [0.15, 0.2) is 0 Å². The number of carbonyl (C=O) groups excluding carboxylic acids is 1. The predicted molar refractivity (Wildman–Crippen MR) is 73.3 cm³/mol.